The maximum Gasteiger partial charge on any atom is 0.247 e. The summed E-state index contributed by atoms with van der Waals surface area (Å²) in [6, 6.07) is 9.84. The summed E-state index contributed by atoms with van der Waals surface area (Å²) in [4.78, 5) is 31.0. The molecule has 1 atom stereocenters. The van der Waals surface area contributed by atoms with Crippen molar-refractivity contribution in [2.75, 3.05) is 68.5 Å². The number of carbonyl (C=O) groups excluding carboxylic acids is 1. The number of amides is 1. The highest BCUT2D eigenvalue weighted by molar-refractivity contribution is 6.30. The molecule has 1 amide bonds. The molecule has 1 aliphatic heterocycles. The highest BCUT2D eigenvalue weighted by atomic mass is 35.5. The van der Waals surface area contributed by atoms with E-state index in [2.05, 4.69) is 32.1 Å². The van der Waals surface area contributed by atoms with E-state index in [-0.39, 0.29) is 17.0 Å². The van der Waals surface area contributed by atoms with E-state index in [0.717, 1.165) is 24.3 Å². The van der Waals surface area contributed by atoms with Crippen molar-refractivity contribution in [3.8, 4) is 5.75 Å². The lowest BCUT2D eigenvalue weighted by atomic mass is 10.0. The van der Waals surface area contributed by atoms with Gasteiger partial charge in [0.25, 0.3) is 0 Å². The Balaban J connectivity index is 1.63. The van der Waals surface area contributed by atoms with E-state index < -0.39 is 5.82 Å². The Hall–Kier alpha value is -3.93. The van der Waals surface area contributed by atoms with Crippen molar-refractivity contribution in [3.63, 3.8) is 0 Å². The Morgan fingerprint density at radius 2 is 2.02 bits per heavy atom. The molecule has 212 valence electrons. The van der Waals surface area contributed by atoms with Gasteiger partial charge >= 0.3 is 0 Å². The number of nitrogens with zero attached hydrogens (tertiary/aromatic N) is 5. The van der Waals surface area contributed by atoms with Crippen LogP contribution in [-0.2, 0) is 9.63 Å². The number of hydroxylamine groups is 1. The molecule has 2 heterocycles. The topological polar surface area (TPSA) is 95.1 Å². The van der Waals surface area contributed by atoms with E-state index in [0.29, 0.717) is 41.8 Å². The van der Waals surface area contributed by atoms with Crippen molar-refractivity contribution in [3.05, 3.63) is 71.8 Å². The van der Waals surface area contributed by atoms with Crippen LogP contribution in [-0.4, -0.2) is 68.7 Å². The summed E-state index contributed by atoms with van der Waals surface area (Å²) in [6.07, 6.45) is 3.28. The van der Waals surface area contributed by atoms with E-state index in [9.17, 15) is 9.18 Å². The number of carbonyl (C=O) groups is 1. The van der Waals surface area contributed by atoms with E-state index in [1.807, 2.05) is 32.1 Å². The van der Waals surface area contributed by atoms with Gasteiger partial charge in [0.15, 0.2) is 5.82 Å². The van der Waals surface area contributed by atoms with Crippen molar-refractivity contribution in [1.29, 1.82) is 0 Å². The van der Waals surface area contributed by atoms with Crippen LogP contribution in [0.25, 0.3) is 0 Å². The van der Waals surface area contributed by atoms with Crippen LogP contribution in [0.2, 0.25) is 5.02 Å². The average molecular weight is 570 g/mol. The first-order chi connectivity index (χ1) is 19.2. The van der Waals surface area contributed by atoms with Gasteiger partial charge in [0.1, 0.15) is 23.7 Å². The Kier molecular flexibility index (Phi) is 9.41. The highest BCUT2D eigenvalue weighted by Crippen LogP contribution is 2.39. The number of hydrogen-bond acceptors (Lipinski definition) is 9. The molecule has 1 aromatic heterocycles. The lowest BCUT2D eigenvalue weighted by Gasteiger charge is -2.26. The van der Waals surface area contributed by atoms with Crippen molar-refractivity contribution >= 4 is 46.2 Å². The fraction of sp³-hybridized carbons (Fsp3) is 0.321. The Bertz CT molecular complexity index is 1370. The van der Waals surface area contributed by atoms with Gasteiger partial charge in [-0.2, -0.15) is 0 Å². The summed E-state index contributed by atoms with van der Waals surface area (Å²) in [7, 11) is 7.53. The van der Waals surface area contributed by atoms with Crippen LogP contribution in [0.3, 0.4) is 0 Å². The van der Waals surface area contributed by atoms with Crippen molar-refractivity contribution in [2.45, 2.75) is 12.5 Å². The maximum absolute atomic E-state index is 14.2. The van der Waals surface area contributed by atoms with Crippen LogP contribution in [0.1, 0.15) is 18.0 Å². The highest BCUT2D eigenvalue weighted by Gasteiger charge is 2.30. The molecule has 3 aromatic rings. The van der Waals surface area contributed by atoms with E-state index >= 15 is 0 Å². The first kappa shape index (κ1) is 29.1. The van der Waals surface area contributed by atoms with Gasteiger partial charge < -0.3 is 25.2 Å². The van der Waals surface area contributed by atoms with Gasteiger partial charge in [-0.25, -0.2) is 19.4 Å². The molecular formula is C28H33ClFN7O3. The number of hydrogen-bond donors (Lipinski definition) is 2. The predicted octanol–water partition coefficient (Wildman–Crippen LogP) is 5.03. The minimum Gasteiger partial charge on any atom is -0.494 e. The van der Waals surface area contributed by atoms with Crippen molar-refractivity contribution in [2.24, 2.45) is 0 Å². The first-order valence-electron chi connectivity index (χ1n) is 12.7. The maximum atomic E-state index is 14.2. The summed E-state index contributed by atoms with van der Waals surface area (Å²) in [5.41, 5.74) is 2.67. The molecule has 0 radical (unpaired) electrons. The zero-order valence-corrected chi connectivity index (χ0v) is 23.7. The van der Waals surface area contributed by atoms with Crippen molar-refractivity contribution in [1.82, 2.24) is 14.9 Å². The zero-order chi connectivity index (χ0) is 28.8. The van der Waals surface area contributed by atoms with Crippen LogP contribution in [0.4, 0.5) is 33.1 Å². The van der Waals surface area contributed by atoms with Crippen LogP contribution in [0, 0.1) is 5.82 Å². The molecule has 2 aromatic carbocycles. The fourth-order valence-electron chi connectivity index (χ4n) is 4.30. The molecule has 0 aliphatic carbocycles. The number of aromatic nitrogens is 2. The standard InChI is InChI=1S/C28H33ClFN7O3/c1-6-28(38)34-21-14-22(25(39-5)15-24(21)36(4)11-10-35(2)3)33-26-16-27(32-17-31-26)37-23(9-12-40-37)18-7-8-19(29)20(30)13-18/h6-8,13-17,23H,1,9-12H2,2-5H3,(H,34,38)(H,31,32,33)/t23-/m1/s1. The van der Waals surface area contributed by atoms with Gasteiger partial charge in [0.05, 0.1) is 41.8 Å². The lowest BCUT2D eigenvalue weighted by molar-refractivity contribution is -0.111. The largest absolute Gasteiger partial charge is 0.494 e. The van der Waals surface area contributed by atoms with Gasteiger partial charge in [-0.05, 0) is 43.9 Å². The Morgan fingerprint density at radius 3 is 2.73 bits per heavy atom. The van der Waals surface area contributed by atoms with Gasteiger partial charge in [-0.3, -0.25) is 9.63 Å². The van der Waals surface area contributed by atoms with Gasteiger partial charge in [0.2, 0.25) is 5.91 Å². The van der Waals surface area contributed by atoms with Gasteiger partial charge in [0, 0.05) is 38.7 Å². The minimum absolute atomic E-state index is 0.0650. The SMILES string of the molecule is C=CC(=O)Nc1cc(Nc2cc(N3OCC[C@@H]3c3ccc(Cl)c(F)c3)ncn2)c(OC)cc1N(C)CCN(C)C. The molecule has 1 fully saturated rings. The number of halogens is 2. The predicted molar refractivity (Wildman–Crippen MR) is 156 cm³/mol. The molecule has 0 bridgehead atoms. The number of rotatable bonds is 11. The summed E-state index contributed by atoms with van der Waals surface area (Å²) < 4.78 is 19.8. The third-order valence-electron chi connectivity index (χ3n) is 6.43. The number of likely N-dealkylation sites (N-methyl/N-ethyl adjacent to an activating group) is 2. The Morgan fingerprint density at radius 1 is 1.23 bits per heavy atom. The van der Waals surface area contributed by atoms with Crippen LogP contribution < -0.4 is 25.3 Å². The van der Waals surface area contributed by atoms with E-state index in [4.69, 9.17) is 21.2 Å². The third-order valence-corrected chi connectivity index (χ3v) is 6.74. The molecule has 1 saturated heterocycles. The summed E-state index contributed by atoms with van der Waals surface area (Å²) >= 11 is 5.87. The minimum atomic E-state index is -0.488. The quantitative estimate of drug-likeness (QED) is 0.308. The smallest absolute Gasteiger partial charge is 0.247 e. The van der Waals surface area contributed by atoms with Crippen LogP contribution in [0.15, 0.2) is 55.4 Å². The molecule has 40 heavy (non-hydrogen) atoms. The molecule has 2 N–H and O–H groups in total. The zero-order valence-electron chi connectivity index (χ0n) is 22.9. The van der Waals surface area contributed by atoms with Crippen LogP contribution >= 0.6 is 11.6 Å². The molecular weight excluding hydrogens is 537 g/mol. The fourth-order valence-corrected chi connectivity index (χ4v) is 4.41. The second kappa shape index (κ2) is 12.9. The number of ether oxygens (including phenoxy) is 1. The molecule has 0 saturated carbocycles. The number of benzene rings is 2. The first-order valence-corrected chi connectivity index (χ1v) is 13.1. The van der Waals surface area contributed by atoms with E-state index in [1.165, 1.54) is 24.5 Å². The second-order valence-electron chi connectivity index (χ2n) is 9.51. The van der Waals surface area contributed by atoms with Gasteiger partial charge in [-0.15, -0.1) is 0 Å². The summed E-state index contributed by atoms with van der Waals surface area (Å²) in [5.74, 6) is 0.691. The summed E-state index contributed by atoms with van der Waals surface area (Å²) in [5, 5.41) is 7.86. The molecule has 1 aliphatic rings. The third kappa shape index (κ3) is 6.79. The van der Waals surface area contributed by atoms with Crippen LogP contribution in [0.5, 0.6) is 5.75 Å². The monoisotopic (exact) mass is 569 g/mol. The molecule has 10 nitrogen and oxygen atoms in total. The molecule has 4 rings (SSSR count). The second-order valence-corrected chi connectivity index (χ2v) is 9.92. The number of nitrogens with one attached hydrogen (secondary N) is 2. The number of anilines is 5. The normalized spacial score (nSPS) is 14.8. The summed E-state index contributed by atoms with van der Waals surface area (Å²) in [6.45, 7) is 5.56. The lowest BCUT2D eigenvalue weighted by Crippen LogP contribution is -2.29. The van der Waals surface area contributed by atoms with Gasteiger partial charge in [-0.1, -0.05) is 24.2 Å². The molecule has 0 spiro atoms. The Labute approximate surface area is 238 Å². The molecule has 0 unspecified atom stereocenters. The number of methoxy groups -OCH3 is 1. The average Bonchev–Trinajstić information content (AvgIpc) is 3.43. The molecule has 12 heteroatoms. The van der Waals surface area contributed by atoms with Crippen molar-refractivity contribution < 1.29 is 18.8 Å². The van der Waals surface area contributed by atoms with E-state index in [1.54, 1.807) is 30.4 Å².